The molecule has 0 bridgehead atoms. The summed E-state index contributed by atoms with van der Waals surface area (Å²) < 4.78 is 5.86. The monoisotopic (exact) mass is 398 g/mol. The second-order valence-corrected chi connectivity index (χ2v) is 8.18. The van der Waals surface area contributed by atoms with E-state index in [1.54, 1.807) is 18.3 Å². The van der Waals surface area contributed by atoms with E-state index in [1.165, 1.54) is 30.6 Å². The van der Waals surface area contributed by atoms with Crippen molar-refractivity contribution >= 4 is 11.3 Å². The molecule has 7 heteroatoms. The van der Waals surface area contributed by atoms with Gasteiger partial charge in [0, 0.05) is 34.7 Å². The molecule has 3 heterocycles. The van der Waals surface area contributed by atoms with Crippen molar-refractivity contribution in [2.24, 2.45) is 0 Å². The molecule has 2 aliphatic rings. The van der Waals surface area contributed by atoms with Crippen molar-refractivity contribution < 1.29 is 9.84 Å². The number of hydrogen-bond donors (Lipinski definition) is 3. The lowest BCUT2D eigenvalue weighted by molar-refractivity contribution is 0.141. The van der Waals surface area contributed by atoms with E-state index in [-0.39, 0.29) is 6.23 Å². The number of H-pyrrole nitrogens is 1. The lowest BCUT2D eigenvalue weighted by Gasteiger charge is -2.13. The topological polar surface area (TPSA) is 83.1 Å². The third kappa shape index (κ3) is 4.43. The molecule has 148 valence electrons. The molecule has 0 amide bonds. The Labute approximate surface area is 169 Å². The molecular weight excluding hydrogens is 372 g/mol. The van der Waals surface area contributed by atoms with Crippen LogP contribution < -0.4 is 10.1 Å². The highest BCUT2D eigenvalue weighted by atomic mass is 32.1. The Morgan fingerprint density at radius 3 is 2.89 bits per heavy atom. The van der Waals surface area contributed by atoms with Crippen molar-refractivity contribution in [1.82, 2.24) is 20.5 Å². The van der Waals surface area contributed by atoms with Crippen LogP contribution in [0.4, 0.5) is 0 Å². The molecule has 0 spiro atoms. The highest BCUT2D eigenvalue weighted by molar-refractivity contribution is 7.10. The highest BCUT2D eigenvalue weighted by Crippen LogP contribution is 2.38. The van der Waals surface area contributed by atoms with E-state index in [4.69, 9.17) is 9.84 Å². The number of aliphatic hydroxyl groups excluding tert-OH is 1. The third-order valence-corrected chi connectivity index (χ3v) is 6.02. The average Bonchev–Trinajstić information content (AvgIpc) is 3.43. The Morgan fingerprint density at radius 1 is 1.29 bits per heavy atom. The molecule has 1 fully saturated rings. The van der Waals surface area contributed by atoms with E-state index in [0.29, 0.717) is 12.6 Å². The first-order valence-electron chi connectivity index (χ1n) is 9.83. The molecule has 5 rings (SSSR count). The molecule has 0 radical (unpaired) electrons. The van der Waals surface area contributed by atoms with Crippen LogP contribution in [0, 0.1) is 0 Å². The van der Waals surface area contributed by atoms with E-state index in [0.717, 1.165) is 34.6 Å². The van der Waals surface area contributed by atoms with E-state index < -0.39 is 0 Å². The van der Waals surface area contributed by atoms with Gasteiger partial charge >= 0.3 is 0 Å². The Kier molecular flexibility index (Phi) is 6.04. The maximum absolute atomic E-state index is 8.90. The fourth-order valence-electron chi connectivity index (χ4n) is 3.78. The fourth-order valence-corrected chi connectivity index (χ4v) is 4.54. The van der Waals surface area contributed by atoms with Gasteiger partial charge in [-0.25, -0.2) is 4.98 Å². The summed E-state index contributed by atoms with van der Waals surface area (Å²) in [5.74, 6) is 0.906. The van der Waals surface area contributed by atoms with Crippen LogP contribution in [0.1, 0.15) is 37.5 Å². The van der Waals surface area contributed by atoms with E-state index in [9.17, 15) is 0 Å². The lowest BCUT2D eigenvalue weighted by Crippen LogP contribution is -2.34. The zero-order chi connectivity index (χ0) is 19.3. The zero-order valence-electron chi connectivity index (χ0n) is 16.0. The van der Waals surface area contributed by atoms with Gasteiger partial charge in [-0.15, -0.1) is 11.3 Å². The number of nitrogens with one attached hydrogen (secondary N) is 2. The van der Waals surface area contributed by atoms with Gasteiger partial charge < -0.3 is 9.84 Å². The summed E-state index contributed by atoms with van der Waals surface area (Å²) >= 11 is 1.70. The van der Waals surface area contributed by atoms with Crippen LogP contribution in [-0.4, -0.2) is 39.2 Å². The first kappa shape index (κ1) is 19.1. The smallest absolute Gasteiger partial charge is 0.129 e. The number of thiazole rings is 1. The number of aliphatic hydroxyl groups is 1. The van der Waals surface area contributed by atoms with Crippen LogP contribution in [0.5, 0.6) is 5.75 Å². The van der Waals surface area contributed by atoms with Crippen LogP contribution in [0.2, 0.25) is 0 Å². The SMILES string of the molecule is CC(O)NC1CCCC1.c1nc2c(s1)CCOc1cc(-c3cn[nH]c3)ccc1-2. The molecule has 3 aromatic rings. The molecule has 6 nitrogen and oxygen atoms in total. The van der Waals surface area contributed by atoms with Gasteiger partial charge in [0.2, 0.25) is 0 Å². The number of hydrogen-bond acceptors (Lipinski definition) is 6. The molecule has 1 aliphatic carbocycles. The maximum atomic E-state index is 8.90. The molecule has 0 saturated heterocycles. The fraction of sp³-hybridized carbons (Fsp3) is 0.429. The Hall–Kier alpha value is -2.22. The molecule has 2 aromatic heterocycles. The summed E-state index contributed by atoms with van der Waals surface area (Å²) in [6.07, 6.45) is 9.42. The molecule has 1 saturated carbocycles. The number of rotatable bonds is 3. The number of fused-ring (bicyclic) bond motifs is 3. The summed E-state index contributed by atoms with van der Waals surface area (Å²) in [6.45, 7) is 2.48. The summed E-state index contributed by atoms with van der Waals surface area (Å²) in [5.41, 5.74) is 6.22. The van der Waals surface area contributed by atoms with Gasteiger partial charge in [0.05, 0.1) is 24.0 Å². The number of benzene rings is 1. The molecule has 1 atom stereocenters. The van der Waals surface area contributed by atoms with Crippen molar-refractivity contribution in [3.05, 3.63) is 41.0 Å². The molecule has 3 N–H and O–H groups in total. The molecule has 1 aliphatic heterocycles. The highest BCUT2D eigenvalue weighted by Gasteiger charge is 2.18. The predicted molar refractivity (Wildman–Crippen MR) is 111 cm³/mol. The zero-order valence-corrected chi connectivity index (χ0v) is 16.8. The van der Waals surface area contributed by atoms with Gasteiger partial charge in [-0.1, -0.05) is 18.9 Å². The normalized spacial score (nSPS) is 16.9. The first-order valence-corrected chi connectivity index (χ1v) is 10.7. The Morgan fingerprint density at radius 2 is 2.14 bits per heavy atom. The number of ether oxygens (including phenoxy) is 1. The van der Waals surface area contributed by atoms with Gasteiger partial charge in [-0.05, 0) is 37.5 Å². The van der Waals surface area contributed by atoms with E-state index in [2.05, 4.69) is 38.7 Å². The van der Waals surface area contributed by atoms with Crippen molar-refractivity contribution in [3.63, 3.8) is 0 Å². The maximum Gasteiger partial charge on any atom is 0.129 e. The van der Waals surface area contributed by atoms with Gasteiger partial charge in [0.25, 0.3) is 0 Å². The van der Waals surface area contributed by atoms with Crippen molar-refractivity contribution in [2.75, 3.05) is 6.61 Å². The van der Waals surface area contributed by atoms with E-state index in [1.807, 2.05) is 17.9 Å². The average molecular weight is 399 g/mol. The van der Waals surface area contributed by atoms with Gasteiger partial charge in [-0.2, -0.15) is 5.10 Å². The van der Waals surface area contributed by atoms with Gasteiger partial charge in [-0.3, -0.25) is 10.4 Å². The molecule has 1 unspecified atom stereocenters. The Balaban J connectivity index is 0.000000181. The van der Waals surface area contributed by atoms with Crippen LogP contribution in [0.3, 0.4) is 0 Å². The Bertz CT molecular complexity index is 886. The van der Waals surface area contributed by atoms with Crippen molar-refractivity contribution in [3.8, 4) is 28.1 Å². The number of nitrogens with zero attached hydrogens (tertiary/aromatic N) is 2. The standard InChI is InChI=1S/C14H11N3OS.C7H15NO/c1-2-11-12(5-9(1)10-6-16-17-7-10)18-4-3-13-14(11)15-8-19-13;1-6(9)8-7-4-2-3-5-7/h1-2,5-8H,3-4H2,(H,16,17);6-9H,2-5H2,1H3. The molecular formula is C21H26N4O2S. The third-order valence-electron chi connectivity index (χ3n) is 5.13. The van der Waals surface area contributed by atoms with Gasteiger partial charge in [0.15, 0.2) is 0 Å². The minimum Gasteiger partial charge on any atom is -0.492 e. The molecule has 28 heavy (non-hydrogen) atoms. The van der Waals surface area contributed by atoms with Crippen LogP contribution in [0.25, 0.3) is 22.4 Å². The number of aromatic nitrogens is 3. The second kappa shape index (κ2) is 8.86. The second-order valence-electron chi connectivity index (χ2n) is 7.24. The van der Waals surface area contributed by atoms with Crippen LogP contribution in [0.15, 0.2) is 36.1 Å². The summed E-state index contributed by atoms with van der Waals surface area (Å²) in [6, 6.07) is 6.82. The largest absolute Gasteiger partial charge is 0.492 e. The minimum atomic E-state index is -0.326. The van der Waals surface area contributed by atoms with Crippen molar-refractivity contribution in [1.29, 1.82) is 0 Å². The van der Waals surface area contributed by atoms with Crippen LogP contribution in [-0.2, 0) is 6.42 Å². The summed E-state index contributed by atoms with van der Waals surface area (Å²) in [4.78, 5) is 5.77. The summed E-state index contributed by atoms with van der Waals surface area (Å²) in [7, 11) is 0. The van der Waals surface area contributed by atoms with Gasteiger partial charge in [0.1, 0.15) is 12.0 Å². The van der Waals surface area contributed by atoms with Crippen LogP contribution >= 0.6 is 11.3 Å². The first-order chi connectivity index (χ1) is 13.7. The lowest BCUT2D eigenvalue weighted by atomic mass is 10.0. The quantitative estimate of drug-likeness (QED) is 0.581. The molecule has 1 aromatic carbocycles. The summed E-state index contributed by atoms with van der Waals surface area (Å²) in [5, 5.41) is 18.8. The predicted octanol–water partition coefficient (Wildman–Crippen LogP) is 3.99. The minimum absolute atomic E-state index is 0.326. The van der Waals surface area contributed by atoms with Crippen molar-refractivity contribution in [2.45, 2.75) is 51.3 Å². The van der Waals surface area contributed by atoms with E-state index >= 15 is 0 Å². The number of aromatic amines is 1.